The molecule has 0 radical (unpaired) electrons. The van der Waals surface area contributed by atoms with Crippen LogP contribution in [0.2, 0.25) is 0 Å². The van der Waals surface area contributed by atoms with Gasteiger partial charge < -0.3 is 20.6 Å². The molecule has 2 saturated heterocycles. The molecule has 34 heavy (non-hydrogen) atoms. The second-order valence-corrected chi connectivity index (χ2v) is 10.8. The van der Waals surface area contributed by atoms with Gasteiger partial charge in [0.15, 0.2) is 0 Å². The third kappa shape index (κ3) is 3.46. The maximum Gasteiger partial charge on any atom is 0.125 e. The molecular weight excluding hydrogens is 430 g/mol. The van der Waals surface area contributed by atoms with Gasteiger partial charge in [-0.3, -0.25) is 0 Å². The average Bonchev–Trinajstić information content (AvgIpc) is 3.21. The largest absolute Gasteiger partial charge is 0.353 e. The minimum atomic E-state index is -0.241. The van der Waals surface area contributed by atoms with Crippen molar-refractivity contribution in [3.8, 4) is 11.4 Å². The predicted molar refractivity (Wildman–Crippen MR) is 132 cm³/mol. The van der Waals surface area contributed by atoms with Gasteiger partial charge in [-0.05, 0) is 104 Å². The first-order valence-electron chi connectivity index (χ1n) is 12.6. The maximum atomic E-state index is 14.2. The molecule has 0 unspecified atom stereocenters. The molecule has 4 nitrogen and oxygen atoms in total. The Balaban J connectivity index is 1.38. The summed E-state index contributed by atoms with van der Waals surface area (Å²) >= 11 is 0. The molecule has 1 aliphatic carbocycles. The highest BCUT2D eigenvalue weighted by Gasteiger charge is 2.48. The molecule has 7 rings (SSSR count). The quantitative estimate of drug-likeness (QED) is 0.315. The van der Waals surface area contributed by atoms with Gasteiger partial charge in [0.1, 0.15) is 11.6 Å². The van der Waals surface area contributed by atoms with Gasteiger partial charge in [0.05, 0.1) is 11.4 Å². The highest BCUT2D eigenvalue weighted by molar-refractivity contribution is 5.96. The van der Waals surface area contributed by atoms with Gasteiger partial charge in [-0.15, -0.1) is 0 Å². The van der Waals surface area contributed by atoms with Crippen molar-refractivity contribution in [2.45, 2.75) is 57.0 Å². The van der Waals surface area contributed by atoms with Crippen LogP contribution >= 0.6 is 0 Å². The summed E-state index contributed by atoms with van der Waals surface area (Å²) in [6.07, 6.45) is 7.97. The van der Waals surface area contributed by atoms with E-state index in [-0.39, 0.29) is 11.6 Å². The van der Waals surface area contributed by atoms with Gasteiger partial charge >= 0.3 is 0 Å². The molecule has 1 spiro atoms. The number of aromatic nitrogens is 2. The number of benzene rings is 2. The lowest BCUT2D eigenvalue weighted by atomic mass is 9.94. The van der Waals surface area contributed by atoms with Crippen molar-refractivity contribution in [2.75, 3.05) is 13.1 Å². The number of aromatic amines is 2. The van der Waals surface area contributed by atoms with Gasteiger partial charge in [0.25, 0.3) is 0 Å². The van der Waals surface area contributed by atoms with Crippen molar-refractivity contribution in [1.82, 2.24) is 20.6 Å². The number of halogens is 2. The van der Waals surface area contributed by atoms with Crippen molar-refractivity contribution >= 4 is 21.8 Å². The Morgan fingerprint density at radius 3 is 1.94 bits per heavy atom. The third-order valence-corrected chi connectivity index (χ3v) is 8.45. The minimum Gasteiger partial charge on any atom is -0.353 e. The van der Waals surface area contributed by atoms with Crippen LogP contribution in [-0.4, -0.2) is 35.1 Å². The topological polar surface area (TPSA) is 55.6 Å². The van der Waals surface area contributed by atoms with Gasteiger partial charge in [-0.1, -0.05) is 0 Å². The van der Waals surface area contributed by atoms with Crippen molar-refractivity contribution < 1.29 is 8.78 Å². The molecule has 2 aromatic heterocycles. The summed E-state index contributed by atoms with van der Waals surface area (Å²) in [5.74, 6) is -0.480. The standard InChI is InChI=1S/C28H30F2N4/c29-16-3-5-20-22(12-18-2-1-9-31-18)26(33-24(20)10-16)27-23(13-19-14-28(7-8-28)15-32-19)21-6-4-17(30)11-25(21)34-27/h3-6,10-11,18-19,31-34H,1-2,7-9,12-15H2/t18-,19+/m0/s1. The predicted octanol–water partition coefficient (Wildman–Crippen LogP) is 5.57. The number of hydrogen-bond acceptors (Lipinski definition) is 2. The first-order valence-corrected chi connectivity index (χ1v) is 12.6. The van der Waals surface area contributed by atoms with Crippen LogP contribution in [0.5, 0.6) is 0 Å². The molecule has 2 aromatic carbocycles. The van der Waals surface area contributed by atoms with Crippen LogP contribution in [0.25, 0.3) is 33.2 Å². The lowest BCUT2D eigenvalue weighted by Crippen LogP contribution is -2.24. The molecule has 6 heteroatoms. The molecular formula is C28H30F2N4. The van der Waals surface area contributed by atoms with E-state index in [4.69, 9.17) is 0 Å². The molecule has 0 amide bonds. The number of H-pyrrole nitrogens is 2. The van der Waals surface area contributed by atoms with Crippen LogP contribution in [-0.2, 0) is 12.8 Å². The van der Waals surface area contributed by atoms with Crippen LogP contribution in [0.3, 0.4) is 0 Å². The monoisotopic (exact) mass is 460 g/mol. The molecule has 4 N–H and O–H groups in total. The van der Waals surface area contributed by atoms with E-state index in [0.29, 0.717) is 17.5 Å². The Morgan fingerprint density at radius 2 is 1.41 bits per heavy atom. The van der Waals surface area contributed by atoms with E-state index < -0.39 is 0 Å². The fourth-order valence-electron chi connectivity index (χ4n) is 6.46. The molecule has 4 heterocycles. The Labute approximate surface area is 197 Å². The first kappa shape index (κ1) is 20.7. The molecule has 4 aromatic rings. The number of nitrogens with one attached hydrogen (secondary N) is 4. The van der Waals surface area contributed by atoms with Crippen LogP contribution < -0.4 is 10.6 Å². The normalized spacial score (nSPS) is 23.6. The highest BCUT2D eigenvalue weighted by Crippen LogP contribution is 2.52. The second kappa shape index (κ2) is 7.65. The van der Waals surface area contributed by atoms with E-state index in [2.05, 4.69) is 20.6 Å². The zero-order valence-corrected chi connectivity index (χ0v) is 19.2. The van der Waals surface area contributed by atoms with E-state index in [0.717, 1.165) is 65.5 Å². The van der Waals surface area contributed by atoms with Crippen LogP contribution in [0.4, 0.5) is 8.78 Å². The molecule has 3 fully saturated rings. The highest BCUT2D eigenvalue weighted by atomic mass is 19.1. The summed E-state index contributed by atoms with van der Waals surface area (Å²) in [6.45, 7) is 2.15. The summed E-state index contributed by atoms with van der Waals surface area (Å²) in [6, 6.07) is 10.9. The summed E-state index contributed by atoms with van der Waals surface area (Å²) in [5, 5.41) is 9.51. The van der Waals surface area contributed by atoms with Crippen LogP contribution in [0, 0.1) is 17.0 Å². The van der Waals surface area contributed by atoms with Crippen LogP contribution in [0.1, 0.15) is 43.2 Å². The summed E-state index contributed by atoms with van der Waals surface area (Å²) < 4.78 is 28.3. The van der Waals surface area contributed by atoms with Gasteiger partial charge in [-0.2, -0.15) is 0 Å². The Hall–Kier alpha value is -2.70. The third-order valence-electron chi connectivity index (χ3n) is 8.45. The second-order valence-electron chi connectivity index (χ2n) is 10.8. The minimum absolute atomic E-state index is 0.239. The van der Waals surface area contributed by atoms with Gasteiger partial charge in [0.2, 0.25) is 0 Å². The summed E-state index contributed by atoms with van der Waals surface area (Å²) in [7, 11) is 0. The fourth-order valence-corrected chi connectivity index (χ4v) is 6.46. The first-order chi connectivity index (χ1) is 16.6. The summed E-state index contributed by atoms with van der Waals surface area (Å²) in [4.78, 5) is 7.11. The van der Waals surface area contributed by atoms with Crippen molar-refractivity contribution in [2.24, 2.45) is 5.41 Å². The number of fused-ring (bicyclic) bond motifs is 2. The Morgan fingerprint density at radius 1 is 0.794 bits per heavy atom. The molecule has 2 aliphatic heterocycles. The van der Waals surface area contributed by atoms with E-state index in [1.54, 1.807) is 24.3 Å². The number of rotatable bonds is 5. The van der Waals surface area contributed by atoms with Gasteiger partial charge in [-0.25, -0.2) is 8.78 Å². The Kier molecular flexibility index (Phi) is 4.65. The molecule has 0 bridgehead atoms. The van der Waals surface area contributed by atoms with E-state index in [1.807, 2.05) is 12.1 Å². The average molecular weight is 461 g/mol. The van der Waals surface area contributed by atoms with Crippen LogP contribution in [0.15, 0.2) is 36.4 Å². The zero-order chi connectivity index (χ0) is 22.9. The van der Waals surface area contributed by atoms with Gasteiger partial charge in [0, 0.05) is 40.4 Å². The summed E-state index contributed by atoms with van der Waals surface area (Å²) in [5.41, 5.74) is 6.61. The fraction of sp³-hybridized carbons (Fsp3) is 0.429. The van der Waals surface area contributed by atoms with E-state index in [1.165, 1.54) is 36.8 Å². The molecule has 1 saturated carbocycles. The lowest BCUT2D eigenvalue weighted by molar-refractivity contribution is 0.541. The zero-order valence-electron chi connectivity index (χ0n) is 19.2. The van der Waals surface area contributed by atoms with E-state index >= 15 is 0 Å². The van der Waals surface area contributed by atoms with Crippen molar-refractivity contribution in [3.05, 3.63) is 59.2 Å². The molecule has 2 atom stereocenters. The SMILES string of the molecule is Fc1ccc2c(C[C@@H]3CC4(CC4)CN3)c(-c3[nH]c4cc(F)ccc4c3C[C@@H]3CCCN3)[nH]c2c1. The Bertz CT molecular complexity index is 1390. The molecule has 3 aliphatic rings. The van der Waals surface area contributed by atoms with E-state index in [9.17, 15) is 8.78 Å². The van der Waals surface area contributed by atoms with Crippen molar-refractivity contribution in [3.63, 3.8) is 0 Å². The van der Waals surface area contributed by atoms with Crippen molar-refractivity contribution in [1.29, 1.82) is 0 Å². The maximum absolute atomic E-state index is 14.2. The number of hydrogen-bond donors (Lipinski definition) is 4. The lowest BCUT2D eigenvalue weighted by Gasteiger charge is -2.14. The smallest absolute Gasteiger partial charge is 0.125 e. The molecule has 176 valence electrons.